The van der Waals surface area contributed by atoms with E-state index in [1.54, 1.807) is 0 Å². The Morgan fingerprint density at radius 3 is 3.07 bits per heavy atom. The van der Waals surface area contributed by atoms with Gasteiger partial charge in [0.15, 0.2) is 0 Å². The van der Waals surface area contributed by atoms with Gasteiger partial charge in [-0.15, -0.1) is 0 Å². The Labute approximate surface area is 91.0 Å². The van der Waals surface area contributed by atoms with Crippen LogP contribution >= 0.6 is 15.9 Å². The van der Waals surface area contributed by atoms with Crippen LogP contribution in [0.15, 0.2) is 22.7 Å². The van der Waals surface area contributed by atoms with Gasteiger partial charge in [-0.25, -0.2) is 0 Å². The molecular formula is C11H11BrN2. The summed E-state index contributed by atoms with van der Waals surface area (Å²) < 4.78 is 3.44. The zero-order valence-corrected chi connectivity index (χ0v) is 9.56. The van der Waals surface area contributed by atoms with Gasteiger partial charge in [0, 0.05) is 41.2 Å². The Bertz CT molecular complexity index is 513. The van der Waals surface area contributed by atoms with E-state index in [9.17, 15) is 0 Å². The summed E-state index contributed by atoms with van der Waals surface area (Å²) in [6.07, 6.45) is 0. The quantitative estimate of drug-likeness (QED) is 0.761. The van der Waals surface area contributed by atoms with Gasteiger partial charge in [-0.05, 0) is 17.7 Å². The first-order chi connectivity index (χ1) is 6.77. The molecule has 1 aliphatic rings. The third kappa shape index (κ3) is 0.996. The van der Waals surface area contributed by atoms with Crippen molar-refractivity contribution in [2.75, 3.05) is 0 Å². The lowest BCUT2D eigenvalue weighted by atomic mass is 10.1. The molecule has 0 bridgehead atoms. The summed E-state index contributed by atoms with van der Waals surface area (Å²) in [4.78, 5) is 0. The highest BCUT2D eigenvalue weighted by molar-refractivity contribution is 9.10. The van der Waals surface area contributed by atoms with Crippen LogP contribution in [0.3, 0.4) is 0 Å². The molecule has 1 aromatic heterocycles. The van der Waals surface area contributed by atoms with Crippen molar-refractivity contribution >= 4 is 26.8 Å². The summed E-state index contributed by atoms with van der Waals surface area (Å²) >= 11 is 3.51. The second-order valence-corrected chi connectivity index (χ2v) is 4.66. The zero-order chi connectivity index (χ0) is 9.71. The second-order valence-electron chi connectivity index (χ2n) is 3.75. The zero-order valence-electron chi connectivity index (χ0n) is 7.97. The van der Waals surface area contributed by atoms with Crippen LogP contribution in [0.4, 0.5) is 0 Å². The van der Waals surface area contributed by atoms with Crippen LogP contribution in [-0.4, -0.2) is 4.57 Å². The van der Waals surface area contributed by atoms with Gasteiger partial charge < -0.3 is 9.88 Å². The molecule has 0 spiro atoms. The van der Waals surface area contributed by atoms with Crippen LogP contribution in [0.25, 0.3) is 10.9 Å². The van der Waals surface area contributed by atoms with Gasteiger partial charge in [0.05, 0.1) is 0 Å². The highest BCUT2D eigenvalue weighted by atomic mass is 79.9. The number of hydrogen-bond acceptors (Lipinski definition) is 1. The van der Waals surface area contributed by atoms with Crippen molar-refractivity contribution in [3.05, 3.63) is 33.9 Å². The first-order valence-corrected chi connectivity index (χ1v) is 5.53. The van der Waals surface area contributed by atoms with Gasteiger partial charge in [-0.2, -0.15) is 0 Å². The number of nitrogens with one attached hydrogen (secondary N) is 1. The Balaban J connectivity index is 2.45. The summed E-state index contributed by atoms with van der Waals surface area (Å²) in [6.45, 7) is 2.01. The number of aryl methyl sites for hydroxylation is 1. The highest BCUT2D eigenvalue weighted by Gasteiger charge is 2.18. The molecule has 0 radical (unpaired) electrons. The van der Waals surface area contributed by atoms with E-state index < -0.39 is 0 Å². The molecule has 0 fully saturated rings. The topological polar surface area (TPSA) is 17.0 Å². The van der Waals surface area contributed by atoms with Crippen molar-refractivity contribution in [3.63, 3.8) is 0 Å². The fourth-order valence-electron chi connectivity index (χ4n) is 2.27. The van der Waals surface area contributed by atoms with E-state index in [2.05, 4.69) is 51.1 Å². The van der Waals surface area contributed by atoms with Crippen molar-refractivity contribution in [2.45, 2.75) is 13.1 Å². The largest absolute Gasteiger partial charge is 0.346 e. The lowest BCUT2D eigenvalue weighted by molar-refractivity contribution is 0.733. The van der Waals surface area contributed by atoms with Crippen molar-refractivity contribution in [1.82, 2.24) is 9.88 Å². The van der Waals surface area contributed by atoms with Gasteiger partial charge in [0.25, 0.3) is 0 Å². The second kappa shape index (κ2) is 2.84. The minimum absolute atomic E-state index is 0.998. The van der Waals surface area contributed by atoms with Gasteiger partial charge in [-0.3, -0.25) is 0 Å². The summed E-state index contributed by atoms with van der Waals surface area (Å²) in [6, 6.07) is 6.50. The summed E-state index contributed by atoms with van der Waals surface area (Å²) in [5, 5.41) is 4.77. The van der Waals surface area contributed by atoms with E-state index in [1.165, 1.54) is 22.2 Å². The van der Waals surface area contributed by atoms with E-state index in [-0.39, 0.29) is 0 Å². The Hall–Kier alpha value is -0.800. The summed E-state index contributed by atoms with van der Waals surface area (Å²) in [7, 11) is 2.14. The number of benzene rings is 1. The van der Waals surface area contributed by atoms with Crippen LogP contribution in [0.5, 0.6) is 0 Å². The monoisotopic (exact) mass is 250 g/mol. The Kier molecular flexibility index (Phi) is 1.73. The molecule has 3 heteroatoms. The highest BCUT2D eigenvalue weighted by Crippen LogP contribution is 2.30. The van der Waals surface area contributed by atoms with Crippen LogP contribution in [0, 0.1) is 0 Å². The van der Waals surface area contributed by atoms with E-state index in [4.69, 9.17) is 0 Å². The van der Waals surface area contributed by atoms with Crippen molar-refractivity contribution in [1.29, 1.82) is 0 Å². The molecule has 0 unspecified atom stereocenters. The van der Waals surface area contributed by atoms with Gasteiger partial charge in [-0.1, -0.05) is 22.0 Å². The molecule has 2 nitrogen and oxygen atoms in total. The number of rotatable bonds is 0. The Morgan fingerprint density at radius 1 is 1.36 bits per heavy atom. The fourth-order valence-corrected chi connectivity index (χ4v) is 2.62. The maximum absolute atomic E-state index is 3.51. The molecule has 1 aliphatic heterocycles. The normalized spacial score (nSPS) is 15.0. The molecular weight excluding hydrogens is 240 g/mol. The molecule has 1 N–H and O–H groups in total. The van der Waals surface area contributed by atoms with Crippen LogP contribution in [0.1, 0.15) is 11.3 Å². The first kappa shape index (κ1) is 8.50. The number of fused-ring (bicyclic) bond motifs is 3. The third-order valence-corrected chi connectivity index (χ3v) is 3.49. The number of hydrogen-bond donors (Lipinski definition) is 1. The average Bonchev–Trinajstić information content (AvgIpc) is 2.72. The van der Waals surface area contributed by atoms with E-state index in [0.29, 0.717) is 0 Å². The van der Waals surface area contributed by atoms with Gasteiger partial charge in [0.2, 0.25) is 0 Å². The molecule has 0 saturated heterocycles. The first-order valence-electron chi connectivity index (χ1n) is 4.74. The average molecular weight is 251 g/mol. The molecule has 1 aromatic carbocycles. The molecule has 0 aliphatic carbocycles. The lowest BCUT2D eigenvalue weighted by Gasteiger charge is -2.01. The fraction of sp³-hybridized carbons (Fsp3) is 0.273. The standard InChI is InChI=1S/C11H11BrN2/c1-14-10-4-7(12)2-3-8(10)9-5-13-6-11(9)14/h2-4,13H,5-6H2,1H3. The SMILES string of the molecule is Cn1c2c(c3ccc(Br)cc31)CNC2. The van der Waals surface area contributed by atoms with Gasteiger partial charge in [0.1, 0.15) is 0 Å². The van der Waals surface area contributed by atoms with Crippen LogP contribution in [0.2, 0.25) is 0 Å². The molecule has 3 rings (SSSR count). The van der Waals surface area contributed by atoms with Gasteiger partial charge >= 0.3 is 0 Å². The van der Waals surface area contributed by atoms with E-state index in [0.717, 1.165) is 17.6 Å². The van der Waals surface area contributed by atoms with E-state index >= 15 is 0 Å². The van der Waals surface area contributed by atoms with Crippen LogP contribution < -0.4 is 5.32 Å². The number of aromatic nitrogens is 1. The predicted octanol–water partition coefficient (Wildman–Crippen LogP) is 2.54. The smallest absolute Gasteiger partial charge is 0.0495 e. The maximum atomic E-state index is 3.51. The minimum Gasteiger partial charge on any atom is -0.346 e. The molecule has 72 valence electrons. The maximum Gasteiger partial charge on any atom is 0.0495 e. The molecule has 0 saturated carbocycles. The molecule has 0 amide bonds. The number of halogens is 1. The Morgan fingerprint density at radius 2 is 2.21 bits per heavy atom. The molecule has 14 heavy (non-hydrogen) atoms. The van der Waals surface area contributed by atoms with Crippen molar-refractivity contribution in [3.8, 4) is 0 Å². The minimum atomic E-state index is 0.998. The van der Waals surface area contributed by atoms with E-state index in [1.807, 2.05) is 0 Å². The van der Waals surface area contributed by atoms with Crippen LogP contribution in [-0.2, 0) is 20.1 Å². The van der Waals surface area contributed by atoms with Crippen molar-refractivity contribution in [2.24, 2.45) is 7.05 Å². The van der Waals surface area contributed by atoms with Crippen molar-refractivity contribution < 1.29 is 0 Å². The third-order valence-electron chi connectivity index (χ3n) is 2.99. The number of nitrogens with zero attached hydrogens (tertiary/aromatic N) is 1. The summed E-state index contributed by atoms with van der Waals surface area (Å²) in [5.41, 5.74) is 4.22. The lowest BCUT2D eigenvalue weighted by Crippen LogP contribution is -2.04. The molecule has 2 aromatic rings. The predicted molar refractivity (Wildman–Crippen MR) is 61.2 cm³/mol. The summed E-state index contributed by atoms with van der Waals surface area (Å²) in [5.74, 6) is 0. The molecule has 2 heterocycles. The molecule has 0 atom stereocenters.